The van der Waals surface area contributed by atoms with Crippen molar-refractivity contribution < 1.29 is 19.1 Å². The topological polar surface area (TPSA) is 108 Å². The highest BCUT2D eigenvalue weighted by Crippen LogP contribution is 2.17. The van der Waals surface area contributed by atoms with E-state index in [0.717, 1.165) is 31.2 Å². The van der Waals surface area contributed by atoms with Crippen LogP contribution in [0.4, 0.5) is 4.79 Å². The molecule has 2 rings (SSSR count). The second kappa shape index (κ2) is 10.1. The molecule has 1 aromatic rings. The Morgan fingerprint density at radius 1 is 1.19 bits per heavy atom. The van der Waals surface area contributed by atoms with Gasteiger partial charge >= 0.3 is 12.0 Å². The lowest BCUT2D eigenvalue weighted by Crippen LogP contribution is -2.48. The number of hydrogen-bond acceptors (Lipinski definition) is 5. The Kier molecular flexibility index (Phi) is 7.56. The number of carbonyl (C=O) groups is 3. The Labute approximate surface area is 158 Å². The first-order chi connectivity index (χ1) is 13.0. The summed E-state index contributed by atoms with van der Waals surface area (Å²) in [4.78, 5) is 35.6. The van der Waals surface area contributed by atoms with Crippen LogP contribution >= 0.6 is 0 Å². The Bertz CT molecular complexity index is 743. The summed E-state index contributed by atoms with van der Waals surface area (Å²) in [7, 11) is 0. The molecule has 3 amide bonds. The van der Waals surface area contributed by atoms with Gasteiger partial charge in [0, 0.05) is 12.1 Å². The van der Waals surface area contributed by atoms with Gasteiger partial charge in [-0.2, -0.15) is 5.26 Å². The number of carbonyl (C=O) groups excluding carboxylic acids is 3. The molecule has 0 aliphatic heterocycles. The number of nitrogens with zero attached hydrogens (tertiary/aromatic N) is 1. The van der Waals surface area contributed by atoms with Gasteiger partial charge in [0.05, 0.1) is 11.6 Å². The lowest BCUT2D eigenvalue weighted by Gasteiger charge is -2.23. The molecule has 0 unspecified atom stereocenters. The largest absolute Gasteiger partial charge is 0.449 e. The predicted molar refractivity (Wildman–Crippen MR) is 99.3 cm³/mol. The molecule has 0 saturated heterocycles. The van der Waals surface area contributed by atoms with Crippen LogP contribution in [0.3, 0.4) is 0 Å². The SMILES string of the molecule is C[C@@H](OC(=O)/C=C/c1ccc(C#N)cc1)C(=O)NC(=O)NC1CCCCC1. The van der Waals surface area contributed by atoms with Gasteiger partial charge in [0.2, 0.25) is 0 Å². The van der Waals surface area contributed by atoms with E-state index < -0.39 is 24.0 Å². The molecular weight excluding hydrogens is 346 g/mol. The maximum atomic E-state index is 12.0. The Balaban J connectivity index is 1.76. The molecule has 142 valence electrons. The van der Waals surface area contributed by atoms with Crippen LogP contribution in [0, 0.1) is 11.3 Å². The first-order valence-electron chi connectivity index (χ1n) is 8.98. The fraction of sp³-hybridized carbons (Fsp3) is 0.400. The van der Waals surface area contributed by atoms with E-state index in [9.17, 15) is 14.4 Å². The van der Waals surface area contributed by atoms with E-state index in [1.807, 2.05) is 6.07 Å². The molecule has 1 atom stereocenters. The van der Waals surface area contributed by atoms with Crippen LogP contribution in [0.25, 0.3) is 6.08 Å². The van der Waals surface area contributed by atoms with Gasteiger partial charge in [-0.1, -0.05) is 31.4 Å². The van der Waals surface area contributed by atoms with Gasteiger partial charge in [0.25, 0.3) is 5.91 Å². The summed E-state index contributed by atoms with van der Waals surface area (Å²) in [5.41, 5.74) is 1.24. The van der Waals surface area contributed by atoms with E-state index >= 15 is 0 Å². The molecule has 1 aromatic carbocycles. The molecule has 0 aromatic heterocycles. The van der Waals surface area contributed by atoms with E-state index in [2.05, 4.69) is 10.6 Å². The molecule has 0 radical (unpaired) electrons. The quantitative estimate of drug-likeness (QED) is 0.613. The number of amides is 3. The minimum Gasteiger partial charge on any atom is -0.449 e. The second-order valence-corrected chi connectivity index (χ2v) is 6.44. The standard InChI is InChI=1S/C20H23N3O4/c1-14(19(25)23-20(26)22-17-5-3-2-4-6-17)27-18(24)12-11-15-7-9-16(13-21)10-8-15/h7-12,14,17H,2-6H2,1H3,(H2,22,23,25,26)/b12-11+/t14-/m1/s1. The maximum Gasteiger partial charge on any atom is 0.331 e. The highest BCUT2D eigenvalue weighted by atomic mass is 16.5. The molecule has 1 aliphatic rings. The first-order valence-corrected chi connectivity index (χ1v) is 8.98. The third kappa shape index (κ3) is 6.94. The van der Waals surface area contributed by atoms with Crippen molar-refractivity contribution in [2.75, 3.05) is 0 Å². The van der Waals surface area contributed by atoms with E-state index in [1.165, 1.54) is 25.5 Å². The molecule has 0 heterocycles. The highest BCUT2D eigenvalue weighted by Gasteiger charge is 2.21. The third-order valence-electron chi connectivity index (χ3n) is 4.29. The minimum absolute atomic E-state index is 0.0831. The van der Waals surface area contributed by atoms with Crippen molar-refractivity contribution in [3.63, 3.8) is 0 Å². The highest BCUT2D eigenvalue weighted by molar-refractivity contribution is 5.98. The molecule has 1 saturated carbocycles. The van der Waals surface area contributed by atoms with Gasteiger partial charge in [-0.25, -0.2) is 9.59 Å². The summed E-state index contributed by atoms with van der Waals surface area (Å²) < 4.78 is 5.00. The average molecular weight is 369 g/mol. The summed E-state index contributed by atoms with van der Waals surface area (Å²) in [6.45, 7) is 1.40. The zero-order valence-corrected chi connectivity index (χ0v) is 15.2. The van der Waals surface area contributed by atoms with Gasteiger partial charge in [0.15, 0.2) is 6.10 Å². The number of nitriles is 1. The van der Waals surface area contributed by atoms with Crippen molar-refractivity contribution in [2.45, 2.75) is 51.2 Å². The molecule has 2 N–H and O–H groups in total. The number of esters is 1. The van der Waals surface area contributed by atoms with E-state index in [-0.39, 0.29) is 6.04 Å². The number of imide groups is 1. The predicted octanol–water partition coefficient (Wildman–Crippen LogP) is 2.66. The fourth-order valence-corrected chi connectivity index (χ4v) is 2.78. The fourth-order valence-electron chi connectivity index (χ4n) is 2.78. The van der Waals surface area contributed by atoms with E-state index in [0.29, 0.717) is 5.56 Å². The summed E-state index contributed by atoms with van der Waals surface area (Å²) in [5, 5.41) is 13.7. The van der Waals surface area contributed by atoms with E-state index in [1.54, 1.807) is 24.3 Å². The van der Waals surface area contributed by atoms with Crippen molar-refractivity contribution >= 4 is 24.0 Å². The number of rotatable bonds is 5. The van der Waals surface area contributed by atoms with Gasteiger partial charge in [-0.15, -0.1) is 0 Å². The van der Waals surface area contributed by atoms with Crippen molar-refractivity contribution in [1.29, 1.82) is 5.26 Å². The zero-order valence-electron chi connectivity index (χ0n) is 15.2. The van der Waals surface area contributed by atoms with Crippen molar-refractivity contribution in [3.8, 4) is 6.07 Å². The molecule has 1 aliphatic carbocycles. The molecule has 1 fully saturated rings. The Morgan fingerprint density at radius 3 is 2.48 bits per heavy atom. The van der Waals surface area contributed by atoms with Crippen LogP contribution in [0.5, 0.6) is 0 Å². The van der Waals surface area contributed by atoms with Crippen molar-refractivity contribution in [2.24, 2.45) is 0 Å². The Morgan fingerprint density at radius 2 is 1.85 bits per heavy atom. The second-order valence-electron chi connectivity index (χ2n) is 6.44. The van der Waals surface area contributed by atoms with Crippen molar-refractivity contribution in [3.05, 3.63) is 41.5 Å². The first kappa shape index (κ1) is 20.2. The number of benzene rings is 1. The van der Waals surface area contributed by atoms with Gasteiger partial charge < -0.3 is 10.1 Å². The van der Waals surface area contributed by atoms with Crippen LogP contribution < -0.4 is 10.6 Å². The average Bonchev–Trinajstić information content (AvgIpc) is 2.67. The van der Waals surface area contributed by atoms with Gasteiger partial charge in [-0.3, -0.25) is 10.1 Å². The number of hydrogen-bond donors (Lipinski definition) is 2. The molecule has 7 nitrogen and oxygen atoms in total. The van der Waals surface area contributed by atoms with Gasteiger partial charge in [-0.05, 0) is 43.5 Å². The van der Waals surface area contributed by atoms with Crippen LogP contribution in [0.2, 0.25) is 0 Å². The number of nitrogens with one attached hydrogen (secondary N) is 2. The maximum absolute atomic E-state index is 12.0. The molecule has 0 spiro atoms. The smallest absolute Gasteiger partial charge is 0.331 e. The lowest BCUT2D eigenvalue weighted by molar-refractivity contribution is -0.149. The summed E-state index contributed by atoms with van der Waals surface area (Å²) in [6.07, 6.45) is 6.73. The number of ether oxygens (including phenoxy) is 1. The van der Waals surface area contributed by atoms with Gasteiger partial charge in [0.1, 0.15) is 0 Å². The van der Waals surface area contributed by atoms with Crippen LogP contribution in [0.1, 0.15) is 50.2 Å². The number of urea groups is 1. The zero-order chi connectivity index (χ0) is 19.6. The third-order valence-corrected chi connectivity index (χ3v) is 4.29. The molecular formula is C20H23N3O4. The summed E-state index contributed by atoms with van der Waals surface area (Å²) >= 11 is 0. The normalized spacial score (nSPS) is 15.6. The van der Waals surface area contributed by atoms with E-state index in [4.69, 9.17) is 10.00 Å². The lowest BCUT2D eigenvalue weighted by atomic mass is 9.96. The molecule has 7 heteroatoms. The Hall–Kier alpha value is -3.14. The summed E-state index contributed by atoms with van der Waals surface area (Å²) in [5.74, 6) is -1.38. The van der Waals surface area contributed by atoms with Crippen LogP contribution in [-0.4, -0.2) is 30.1 Å². The minimum atomic E-state index is -1.10. The molecule has 27 heavy (non-hydrogen) atoms. The van der Waals surface area contributed by atoms with Crippen LogP contribution in [0.15, 0.2) is 30.3 Å². The molecule has 0 bridgehead atoms. The van der Waals surface area contributed by atoms with Crippen LogP contribution in [-0.2, 0) is 14.3 Å². The van der Waals surface area contributed by atoms with Crippen molar-refractivity contribution in [1.82, 2.24) is 10.6 Å². The summed E-state index contributed by atoms with van der Waals surface area (Å²) in [6, 6.07) is 8.16. The monoisotopic (exact) mass is 369 g/mol.